The van der Waals surface area contributed by atoms with Gasteiger partial charge in [0.05, 0.1) is 37.0 Å². The van der Waals surface area contributed by atoms with E-state index in [-0.39, 0.29) is 30.5 Å². The van der Waals surface area contributed by atoms with Crippen LogP contribution in [0.2, 0.25) is 0 Å². The average molecular weight is 630 g/mol. The van der Waals surface area contributed by atoms with Gasteiger partial charge in [-0.05, 0) is 19.9 Å². The highest BCUT2D eigenvalue weighted by atomic mass is 31.2. The second-order valence-corrected chi connectivity index (χ2v) is 13.3. The molecule has 5 rings (SSSR count). The van der Waals surface area contributed by atoms with E-state index < -0.39 is 25.6 Å². The molecule has 1 aliphatic rings. The van der Waals surface area contributed by atoms with E-state index in [2.05, 4.69) is 40.5 Å². The Kier molecular flexibility index (Phi) is 9.56. The third-order valence-corrected chi connectivity index (χ3v) is 8.92. The summed E-state index contributed by atoms with van der Waals surface area (Å²) in [6, 6.07) is 0. The summed E-state index contributed by atoms with van der Waals surface area (Å²) in [4.78, 5) is 45.6. The van der Waals surface area contributed by atoms with E-state index in [0.29, 0.717) is 53.1 Å². The fourth-order valence-electron chi connectivity index (χ4n) is 4.83. The van der Waals surface area contributed by atoms with Crippen LogP contribution in [0.25, 0.3) is 28.3 Å². The number of aromatic amines is 2. The number of carbonyl (C=O) groups is 1. The van der Waals surface area contributed by atoms with Gasteiger partial charge in [0.2, 0.25) is 23.7 Å². The van der Waals surface area contributed by atoms with Crippen molar-refractivity contribution >= 4 is 53.4 Å². The zero-order chi connectivity index (χ0) is 31.4. The number of ether oxygens (including phenoxy) is 2. The third kappa shape index (κ3) is 7.05. The second kappa shape index (κ2) is 13.4. The van der Waals surface area contributed by atoms with Crippen molar-refractivity contribution in [1.29, 1.82) is 0 Å². The number of nitrogens with two attached hydrogens (primary N) is 1. The molecule has 1 saturated heterocycles. The van der Waals surface area contributed by atoms with Gasteiger partial charge >= 0.3 is 7.60 Å². The summed E-state index contributed by atoms with van der Waals surface area (Å²) >= 11 is 0. The van der Waals surface area contributed by atoms with Crippen LogP contribution in [0, 0.1) is 0 Å². The molecule has 0 saturated carbocycles. The maximum absolute atomic E-state index is 12.5. The molecule has 1 aliphatic heterocycles. The van der Waals surface area contributed by atoms with Gasteiger partial charge in [0.25, 0.3) is 0 Å². The van der Waals surface area contributed by atoms with Crippen molar-refractivity contribution in [1.82, 2.24) is 35.2 Å². The predicted molar refractivity (Wildman–Crippen MR) is 162 cm³/mol. The molecule has 1 unspecified atom stereocenters. The summed E-state index contributed by atoms with van der Waals surface area (Å²) < 4.78 is 31.9. The van der Waals surface area contributed by atoms with Gasteiger partial charge in [0, 0.05) is 31.1 Å². The predicted octanol–water partition coefficient (Wildman–Crippen LogP) is 2.03. The Labute approximate surface area is 253 Å². The summed E-state index contributed by atoms with van der Waals surface area (Å²) in [6.45, 7) is 7.79. The first-order valence-corrected chi connectivity index (χ1v) is 16.0. The Morgan fingerprint density at radius 3 is 2.84 bits per heavy atom. The Bertz CT molecular complexity index is 1690. The number of carbonyl (C=O) groups excluding carboxylic acids is 1. The third-order valence-electron chi connectivity index (χ3n) is 7.09. The molecule has 236 valence electrons. The van der Waals surface area contributed by atoms with Gasteiger partial charge in [-0.15, -0.1) is 0 Å². The molecule has 0 spiro atoms. The van der Waals surface area contributed by atoms with E-state index in [9.17, 15) is 14.3 Å². The Balaban J connectivity index is 1.24. The quantitative estimate of drug-likeness (QED) is 0.0542. The van der Waals surface area contributed by atoms with Crippen LogP contribution in [-0.2, 0) is 23.4 Å². The molecule has 0 radical (unpaired) electrons. The Morgan fingerprint density at radius 2 is 2.07 bits per heavy atom. The largest absolute Gasteiger partial charge is 0.373 e. The normalized spacial score (nSPS) is 20.3. The monoisotopic (exact) mass is 629 g/mol. The van der Waals surface area contributed by atoms with Crippen LogP contribution in [0.1, 0.15) is 45.9 Å². The van der Waals surface area contributed by atoms with Gasteiger partial charge in [-0.1, -0.05) is 18.8 Å². The van der Waals surface area contributed by atoms with Crippen molar-refractivity contribution in [2.75, 3.05) is 30.7 Å². The number of nitrogens with one attached hydrogen (secondary N) is 4. The number of imidazole rings is 1. The second-order valence-electron chi connectivity index (χ2n) is 10.9. The summed E-state index contributed by atoms with van der Waals surface area (Å²) in [5.74, 6) is 0.593. The first-order valence-electron chi connectivity index (χ1n) is 14.3. The van der Waals surface area contributed by atoms with Gasteiger partial charge in [-0.3, -0.25) is 14.3 Å². The minimum atomic E-state index is -3.79. The lowest BCUT2D eigenvalue weighted by atomic mass is 10.1. The summed E-state index contributed by atoms with van der Waals surface area (Å²) in [6.07, 6.45) is 8.25. The van der Waals surface area contributed by atoms with E-state index >= 15 is 0 Å². The summed E-state index contributed by atoms with van der Waals surface area (Å²) in [5, 5.41) is 6.60. The molecule has 44 heavy (non-hydrogen) atoms. The number of hydrogen-bond donors (Lipinski definition) is 6. The number of nitrogens with zero attached hydrogens (tertiary/aromatic N) is 5. The van der Waals surface area contributed by atoms with E-state index in [0.717, 1.165) is 0 Å². The molecule has 7 N–H and O–H groups in total. The van der Waals surface area contributed by atoms with Gasteiger partial charge in [-0.2, -0.15) is 0 Å². The number of aromatic nitrogens is 7. The fraction of sp³-hybridized carbons (Fsp3) is 0.481. The lowest BCUT2D eigenvalue weighted by molar-refractivity contribution is -0.740. The van der Waals surface area contributed by atoms with Crippen LogP contribution in [0.3, 0.4) is 0 Å². The van der Waals surface area contributed by atoms with E-state index in [1.54, 1.807) is 43.3 Å². The van der Waals surface area contributed by atoms with Crippen LogP contribution in [0.5, 0.6) is 0 Å². The first-order chi connectivity index (χ1) is 21.0. The highest BCUT2D eigenvalue weighted by molar-refractivity contribution is 7.53. The lowest BCUT2D eigenvalue weighted by Crippen LogP contribution is -2.41. The number of fused-ring (bicyclic) bond motifs is 2. The minimum absolute atomic E-state index is 0.0887. The van der Waals surface area contributed by atoms with Crippen molar-refractivity contribution in [2.45, 2.75) is 64.3 Å². The smallest absolute Gasteiger partial charge is 0.330 e. The first kappa shape index (κ1) is 31.5. The van der Waals surface area contributed by atoms with Crippen LogP contribution in [-0.4, -0.2) is 84.4 Å². The number of nitrogen functional groups attached to an aromatic ring is 1. The van der Waals surface area contributed by atoms with E-state index in [4.69, 9.17) is 19.7 Å². The zero-order valence-electron chi connectivity index (χ0n) is 24.9. The average Bonchev–Trinajstić information content (AvgIpc) is 3.72. The number of H-pyrrole nitrogens is 2. The highest BCUT2D eigenvalue weighted by Crippen LogP contribution is 2.47. The summed E-state index contributed by atoms with van der Waals surface area (Å²) in [5.41, 5.74) is 8.27. The molecule has 4 aromatic rings. The topological polar surface area (TPSA) is 219 Å². The SMILES string of the molecule is CC(C)O[C@@H]1C[C@H]([n+]2cnc(N)c3c(/C=C/C(=O)NCCNc4ncnc5nc[nH]c45)c[nH]c32)O[C@@H]1COP(=O)(O)C(C)C. The van der Waals surface area contributed by atoms with Gasteiger partial charge in [0.15, 0.2) is 17.7 Å². The Morgan fingerprint density at radius 1 is 1.25 bits per heavy atom. The minimum Gasteiger partial charge on any atom is -0.373 e. The van der Waals surface area contributed by atoms with Crippen LogP contribution in [0.15, 0.2) is 31.3 Å². The number of hydrogen-bond acceptors (Lipinski definition) is 11. The van der Waals surface area contributed by atoms with Gasteiger partial charge in [0.1, 0.15) is 23.3 Å². The Hall–Kier alpha value is -3.95. The highest BCUT2D eigenvalue weighted by Gasteiger charge is 2.42. The van der Waals surface area contributed by atoms with Crippen molar-refractivity contribution in [3.05, 3.63) is 36.8 Å². The summed E-state index contributed by atoms with van der Waals surface area (Å²) in [7, 11) is -3.79. The van der Waals surface area contributed by atoms with Gasteiger partial charge in [-0.25, -0.2) is 19.5 Å². The molecule has 1 amide bonds. The lowest BCUT2D eigenvalue weighted by Gasteiger charge is -2.23. The van der Waals surface area contributed by atoms with Gasteiger partial charge < -0.3 is 40.2 Å². The molecule has 0 aromatic carbocycles. The molecule has 0 aliphatic carbocycles. The standard InChI is InChI=1S/C27H37N10O6P/c1-15(2)42-18-9-21(43-19(18)11-41-44(39,40)16(3)4)37-14-36-24(28)22-17(10-31-27(22)37)5-6-20(38)29-7-8-30-25-23-26(33-12-32-23)35-13-34-25/h5-6,10,12-16,18-19,21H,7-9,11H2,1-4H3,(H6,28,29,30,31,32,33,34,35,38,39,40)/p+1/t18-,19-,21-/m1/s1. The van der Waals surface area contributed by atoms with E-state index in [1.807, 2.05) is 13.8 Å². The van der Waals surface area contributed by atoms with Crippen molar-refractivity contribution in [3.8, 4) is 0 Å². The van der Waals surface area contributed by atoms with Crippen molar-refractivity contribution in [3.63, 3.8) is 0 Å². The zero-order valence-corrected chi connectivity index (χ0v) is 25.8. The number of rotatable bonds is 13. The molecule has 4 aromatic heterocycles. The van der Waals surface area contributed by atoms with Crippen LogP contribution >= 0.6 is 7.60 Å². The molecule has 1 fully saturated rings. The van der Waals surface area contributed by atoms with Crippen LogP contribution in [0.4, 0.5) is 11.6 Å². The molecule has 4 atom stereocenters. The maximum atomic E-state index is 12.5. The van der Waals surface area contributed by atoms with Crippen molar-refractivity contribution < 1.29 is 32.8 Å². The molecular formula is C27H38N10O6P+. The number of amides is 1. The molecule has 17 heteroatoms. The molecule has 5 heterocycles. The van der Waals surface area contributed by atoms with Crippen LogP contribution < -0.4 is 20.9 Å². The molecule has 16 nitrogen and oxygen atoms in total. The molecule has 0 bridgehead atoms. The maximum Gasteiger partial charge on any atom is 0.330 e. The fourth-order valence-corrected chi connectivity index (χ4v) is 5.49. The van der Waals surface area contributed by atoms with Crippen molar-refractivity contribution in [2.24, 2.45) is 0 Å². The molecular weight excluding hydrogens is 591 g/mol. The number of anilines is 2. The van der Waals surface area contributed by atoms with E-state index in [1.165, 1.54) is 12.4 Å².